The van der Waals surface area contributed by atoms with Gasteiger partial charge in [0, 0.05) is 22.2 Å². The molecular weight excluding hydrogens is 476 g/mol. The first-order valence-corrected chi connectivity index (χ1v) is 12.6. The summed E-state index contributed by atoms with van der Waals surface area (Å²) in [4.78, 5) is 12.9. The van der Waals surface area contributed by atoms with Crippen molar-refractivity contribution < 1.29 is 14.6 Å². The number of ketones is 1. The molecule has 0 amide bonds. The second-order valence-corrected chi connectivity index (χ2v) is 10.2. The first-order chi connectivity index (χ1) is 16.1. The maximum Gasteiger partial charge on any atom is 0.139 e. The van der Waals surface area contributed by atoms with Crippen LogP contribution in [0, 0.1) is 11.3 Å². The molecule has 0 aliphatic heterocycles. The molecule has 0 radical (unpaired) electrons. The summed E-state index contributed by atoms with van der Waals surface area (Å²) in [6.45, 7) is 0. The van der Waals surface area contributed by atoms with E-state index in [2.05, 4.69) is 22.0 Å². The molecule has 0 bridgehead atoms. The highest BCUT2D eigenvalue weighted by Crippen LogP contribution is 2.60. The van der Waals surface area contributed by atoms with Crippen molar-refractivity contribution in [1.82, 2.24) is 0 Å². The monoisotopic (exact) mass is 504 g/mol. The Morgan fingerprint density at radius 1 is 0.879 bits per heavy atom. The van der Waals surface area contributed by atoms with Gasteiger partial charge in [-0.05, 0) is 42.0 Å². The summed E-state index contributed by atoms with van der Waals surface area (Å²) in [6, 6.07) is 27.8. The zero-order chi connectivity index (χ0) is 22.8. The maximum atomic E-state index is 12.9. The smallest absolute Gasteiger partial charge is 0.139 e. The summed E-state index contributed by atoms with van der Waals surface area (Å²) in [6.07, 6.45) is 2.88. The summed E-state index contributed by atoms with van der Waals surface area (Å²) in [7, 11) is 0. The fourth-order valence-corrected chi connectivity index (χ4v) is 6.31. The van der Waals surface area contributed by atoms with Crippen LogP contribution in [0.15, 0.2) is 89.4 Å². The van der Waals surface area contributed by atoms with Gasteiger partial charge in [-0.1, -0.05) is 101 Å². The van der Waals surface area contributed by atoms with Gasteiger partial charge in [0.2, 0.25) is 0 Å². The van der Waals surface area contributed by atoms with Crippen molar-refractivity contribution in [3.63, 3.8) is 0 Å². The molecule has 33 heavy (non-hydrogen) atoms. The third-order valence-electron chi connectivity index (χ3n) is 7.63. The molecule has 3 aromatic rings. The number of Topliss-reactive ketones (excluding diaryl/α,β-unsaturated/α-hetero) is 1. The minimum atomic E-state index is -0.826. The minimum Gasteiger partial charge on any atom is -0.385 e. The number of hydrogen-bond acceptors (Lipinski definition) is 3. The van der Waals surface area contributed by atoms with Crippen molar-refractivity contribution in [3.05, 3.63) is 106 Å². The summed E-state index contributed by atoms with van der Waals surface area (Å²) in [5.74, 6) is 0.483. The van der Waals surface area contributed by atoms with Crippen LogP contribution in [0.2, 0.25) is 0 Å². The molecule has 1 N–H and O–H groups in total. The number of aliphatic hydroxyl groups is 1. The van der Waals surface area contributed by atoms with E-state index in [1.54, 1.807) is 0 Å². The molecule has 2 saturated carbocycles. The number of carbonyl (C=O) groups is 1. The van der Waals surface area contributed by atoms with Crippen molar-refractivity contribution in [1.29, 1.82) is 0 Å². The first kappa shape index (κ1) is 22.5. The van der Waals surface area contributed by atoms with Gasteiger partial charge in [0.25, 0.3) is 0 Å². The summed E-state index contributed by atoms with van der Waals surface area (Å²) < 4.78 is 7.93. The quantitative estimate of drug-likeness (QED) is 0.372. The predicted octanol–water partition coefficient (Wildman–Crippen LogP) is 7.13. The van der Waals surface area contributed by atoms with Crippen molar-refractivity contribution in [2.45, 2.75) is 50.4 Å². The van der Waals surface area contributed by atoms with Gasteiger partial charge in [0.15, 0.2) is 0 Å². The Labute approximate surface area is 203 Å². The van der Waals surface area contributed by atoms with E-state index in [-0.39, 0.29) is 17.4 Å². The van der Waals surface area contributed by atoms with Crippen LogP contribution in [0.3, 0.4) is 0 Å². The third kappa shape index (κ3) is 4.21. The molecule has 5 atom stereocenters. The van der Waals surface area contributed by atoms with Gasteiger partial charge in [-0.2, -0.15) is 0 Å². The van der Waals surface area contributed by atoms with Gasteiger partial charge in [-0.3, -0.25) is 4.79 Å². The average molecular weight is 505 g/mol. The molecule has 3 aromatic carbocycles. The van der Waals surface area contributed by atoms with E-state index in [0.29, 0.717) is 12.2 Å². The molecular formula is C29H29BrO3. The van der Waals surface area contributed by atoms with Crippen LogP contribution < -0.4 is 0 Å². The zero-order valence-electron chi connectivity index (χ0n) is 18.6. The fourth-order valence-electron chi connectivity index (χ4n) is 5.80. The predicted molar refractivity (Wildman–Crippen MR) is 133 cm³/mol. The Balaban J connectivity index is 1.57. The van der Waals surface area contributed by atoms with E-state index < -0.39 is 12.2 Å². The highest BCUT2D eigenvalue weighted by atomic mass is 79.9. The largest absolute Gasteiger partial charge is 0.385 e. The van der Waals surface area contributed by atoms with E-state index in [4.69, 9.17) is 4.74 Å². The Bertz CT molecular complexity index is 1100. The van der Waals surface area contributed by atoms with E-state index >= 15 is 0 Å². The van der Waals surface area contributed by atoms with Crippen molar-refractivity contribution >= 4 is 21.7 Å². The zero-order valence-corrected chi connectivity index (χ0v) is 20.2. The molecule has 0 unspecified atom stereocenters. The number of ether oxygens (including phenoxy) is 1. The van der Waals surface area contributed by atoms with E-state index in [1.165, 1.54) is 0 Å². The van der Waals surface area contributed by atoms with Crippen LogP contribution in [-0.2, 0) is 9.53 Å². The maximum absolute atomic E-state index is 12.9. The number of halogens is 1. The number of rotatable bonds is 7. The van der Waals surface area contributed by atoms with Crippen molar-refractivity contribution in [2.24, 2.45) is 11.3 Å². The Hall–Kier alpha value is -2.27. The topological polar surface area (TPSA) is 46.5 Å². The molecule has 5 rings (SSSR count). The highest BCUT2D eigenvalue weighted by molar-refractivity contribution is 9.10. The van der Waals surface area contributed by atoms with Gasteiger partial charge in [-0.15, -0.1) is 0 Å². The molecule has 0 heterocycles. The van der Waals surface area contributed by atoms with Crippen LogP contribution >= 0.6 is 15.9 Å². The normalized spacial score (nSPS) is 24.9. The van der Waals surface area contributed by atoms with Gasteiger partial charge in [-0.25, -0.2) is 0 Å². The van der Waals surface area contributed by atoms with Gasteiger partial charge in [0.1, 0.15) is 18.0 Å². The van der Waals surface area contributed by atoms with E-state index in [1.807, 2.05) is 78.9 Å². The second kappa shape index (κ2) is 9.54. The van der Waals surface area contributed by atoms with E-state index in [0.717, 1.165) is 46.8 Å². The third-order valence-corrected chi connectivity index (χ3v) is 8.35. The Morgan fingerprint density at radius 2 is 1.52 bits per heavy atom. The van der Waals surface area contributed by atoms with Gasteiger partial charge in [0.05, 0.1) is 6.10 Å². The van der Waals surface area contributed by atoms with Crippen LogP contribution in [0.5, 0.6) is 0 Å². The van der Waals surface area contributed by atoms with E-state index in [9.17, 15) is 9.90 Å². The minimum absolute atomic E-state index is 0.103. The van der Waals surface area contributed by atoms with Crippen molar-refractivity contribution in [2.75, 3.05) is 0 Å². The van der Waals surface area contributed by atoms with Gasteiger partial charge >= 0.3 is 0 Å². The molecule has 2 aliphatic rings. The highest BCUT2D eigenvalue weighted by Gasteiger charge is 2.57. The number of hydrogen-bond donors (Lipinski definition) is 1. The number of aliphatic hydroxyl groups excluding tert-OH is 1. The number of benzene rings is 3. The molecule has 1 spiro atoms. The molecule has 3 nitrogen and oxygen atoms in total. The Morgan fingerprint density at radius 3 is 2.12 bits per heavy atom. The van der Waals surface area contributed by atoms with Gasteiger partial charge < -0.3 is 9.84 Å². The standard InChI is InChI=1S/C29H29BrO3/c30-24-16-8-7-14-22(24)28(23-15-9-18-29(23)19-17-25(29)31)33-27(21-12-5-2-6-13-21)26(32)20-10-3-1-4-11-20/h1-8,10-14,16,23,26-28,32H,9,15,17-19H2/t23-,26-,27-,28-,29+/m1/s1. The van der Waals surface area contributed by atoms with Crippen LogP contribution in [0.4, 0.5) is 0 Å². The molecule has 2 fully saturated rings. The number of carbonyl (C=O) groups excluding carboxylic acids is 1. The Kier molecular flexibility index (Phi) is 6.51. The first-order valence-electron chi connectivity index (χ1n) is 11.8. The molecule has 2 aliphatic carbocycles. The molecule has 0 aromatic heterocycles. The fraction of sp³-hybridized carbons (Fsp3) is 0.345. The van der Waals surface area contributed by atoms with Crippen molar-refractivity contribution in [3.8, 4) is 0 Å². The van der Waals surface area contributed by atoms with Crippen LogP contribution in [0.1, 0.15) is 67.1 Å². The second-order valence-electron chi connectivity index (χ2n) is 9.34. The summed E-state index contributed by atoms with van der Waals surface area (Å²) in [5.41, 5.74) is 2.51. The lowest BCUT2D eigenvalue weighted by molar-refractivity contribution is -0.156. The van der Waals surface area contributed by atoms with Crippen LogP contribution in [-0.4, -0.2) is 10.9 Å². The molecule has 0 saturated heterocycles. The lowest BCUT2D eigenvalue weighted by Crippen LogP contribution is -2.46. The summed E-state index contributed by atoms with van der Waals surface area (Å²) in [5, 5.41) is 11.5. The summed E-state index contributed by atoms with van der Waals surface area (Å²) >= 11 is 3.74. The van der Waals surface area contributed by atoms with Crippen LogP contribution in [0.25, 0.3) is 0 Å². The lowest BCUT2D eigenvalue weighted by atomic mass is 9.59. The molecule has 170 valence electrons. The average Bonchev–Trinajstić information content (AvgIpc) is 3.33. The lowest BCUT2D eigenvalue weighted by Gasteiger charge is -2.46. The SMILES string of the molecule is O=C1CC[C@]12CCC[C@@H]2[C@H](O[C@H](c1ccccc1)[C@H](O)c1ccccc1)c1ccccc1Br. The molecule has 4 heteroatoms.